The largest absolute Gasteiger partial charge is 0.462 e. The van der Waals surface area contributed by atoms with Crippen molar-refractivity contribution in [3.8, 4) is 0 Å². The van der Waals surface area contributed by atoms with Gasteiger partial charge in [0.1, 0.15) is 6.04 Å². The number of hydrogen-bond donors (Lipinski definition) is 3. The number of thiophene rings is 1. The van der Waals surface area contributed by atoms with Gasteiger partial charge in [-0.2, -0.15) is 10.1 Å². The molecule has 10 heteroatoms. The van der Waals surface area contributed by atoms with Gasteiger partial charge in [0.25, 0.3) is 5.91 Å². The highest BCUT2D eigenvalue weighted by atomic mass is 32.1. The monoisotopic (exact) mass is 467 g/mol. The number of benzene rings is 1. The second-order valence-electron chi connectivity index (χ2n) is 7.46. The van der Waals surface area contributed by atoms with E-state index >= 15 is 0 Å². The van der Waals surface area contributed by atoms with E-state index in [2.05, 4.69) is 20.7 Å². The van der Waals surface area contributed by atoms with E-state index in [0.717, 1.165) is 4.88 Å². The van der Waals surface area contributed by atoms with E-state index in [4.69, 9.17) is 9.84 Å². The van der Waals surface area contributed by atoms with Crippen LogP contribution in [0.4, 0.5) is 11.6 Å². The molecule has 1 atom stereocenters. The van der Waals surface area contributed by atoms with Crippen molar-refractivity contribution in [1.29, 1.82) is 0 Å². The molecular formula is C23H25N5O4S. The number of nitrogens with one attached hydrogen (secondary N) is 2. The van der Waals surface area contributed by atoms with Crippen molar-refractivity contribution in [2.24, 2.45) is 0 Å². The standard InChI is InChI=1S/C23H25N5O4S/c1-3-32-22(31)15-8-10-16(11-9-15)25-21(30)19-14(2)24-23-26-18(7-4-12-29)27-28(23)20(19)17-6-5-13-33-17/h5-6,8-11,13,20,29H,3-4,7,12H2,1-2H3,(H,25,30)(H,24,26,27). The quantitative estimate of drug-likeness (QED) is 0.435. The van der Waals surface area contributed by atoms with Gasteiger partial charge in [-0.3, -0.25) is 4.79 Å². The van der Waals surface area contributed by atoms with Crippen molar-refractivity contribution in [2.75, 3.05) is 23.8 Å². The predicted octanol–water partition coefficient (Wildman–Crippen LogP) is 3.37. The number of carbonyl (C=O) groups excluding carboxylic acids is 2. The molecule has 33 heavy (non-hydrogen) atoms. The number of aromatic nitrogens is 3. The molecule has 3 heterocycles. The summed E-state index contributed by atoms with van der Waals surface area (Å²) in [6.45, 7) is 3.95. The van der Waals surface area contributed by atoms with E-state index in [1.165, 1.54) is 11.3 Å². The fourth-order valence-corrected chi connectivity index (χ4v) is 4.46. The number of ether oxygens (including phenoxy) is 1. The van der Waals surface area contributed by atoms with Crippen LogP contribution in [0.3, 0.4) is 0 Å². The molecule has 1 amide bonds. The van der Waals surface area contributed by atoms with Gasteiger partial charge in [0.2, 0.25) is 5.95 Å². The Morgan fingerprint density at radius 1 is 1.27 bits per heavy atom. The van der Waals surface area contributed by atoms with Crippen LogP contribution in [0.5, 0.6) is 0 Å². The molecule has 0 fully saturated rings. The smallest absolute Gasteiger partial charge is 0.338 e. The van der Waals surface area contributed by atoms with Crippen LogP contribution >= 0.6 is 11.3 Å². The molecule has 0 saturated carbocycles. The fourth-order valence-electron chi connectivity index (χ4n) is 3.64. The number of nitrogens with zero attached hydrogens (tertiary/aromatic N) is 3. The maximum absolute atomic E-state index is 13.4. The molecule has 4 rings (SSSR count). The molecule has 1 aliphatic rings. The van der Waals surface area contributed by atoms with E-state index in [1.807, 2.05) is 24.4 Å². The number of allylic oxidation sites excluding steroid dienone is 1. The summed E-state index contributed by atoms with van der Waals surface area (Å²) < 4.78 is 6.73. The SMILES string of the molecule is CCOC(=O)c1ccc(NC(=O)C2=C(C)Nc3nc(CCCO)nn3C2c2cccs2)cc1. The van der Waals surface area contributed by atoms with Crippen LogP contribution in [0, 0.1) is 0 Å². The average molecular weight is 468 g/mol. The van der Waals surface area contributed by atoms with Gasteiger partial charge in [-0.05, 0) is 56.0 Å². The summed E-state index contributed by atoms with van der Waals surface area (Å²) in [6, 6.07) is 10.0. The number of aryl methyl sites for hydroxylation is 1. The number of fused-ring (bicyclic) bond motifs is 1. The van der Waals surface area contributed by atoms with Crippen molar-refractivity contribution in [2.45, 2.75) is 32.7 Å². The first-order valence-electron chi connectivity index (χ1n) is 10.7. The third kappa shape index (κ3) is 4.81. The van der Waals surface area contributed by atoms with Crippen molar-refractivity contribution < 1.29 is 19.4 Å². The summed E-state index contributed by atoms with van der Waals surface area (Å²) in [5.74, 6) is 0.491. The Labute approximate surface area is 195 Å². The van der Waals surface area contributed by atoms with Gasteiger partial charge in [0.05, 0.1) is 17.7 Å². The topological polar surface area (TPSA) is 118 Å². The molecule has 0 bridgehead atoms. The number of hydrogen-bond acceptors (Lipinski definition) is 8. The summed E-state index contributed by atoms with van der Waals surface area (Å²) in [7, 11) is 0. The maximum atomic E-state index is 13.4. The lowest BCUT2D eigenvalue weighted by Crippen LogP contribution is -2.31. The first kappa shape index (κ1) is 22.7. The number of anilines is 2. The third-order valence-corrected chi connectivity index (χ3v) is 6.09. The summed E-state index contributed by atoms with van der Waals surface area (Å²) in [4.78, 5) is 30.8. The Hall–Kier alpha value is -3.50. The molecule has 0 aliphatic carbocycles. The molecule has 172 valence electrons. The van der Waals surface area contributed by atoms with E-state index in [1.54, 1.807) is 35.9 Å². The highest BCUT2D eigenvalue weighted by Gasteiger charge is 2.34. The molecule has 2 aromatic heterocycles. The number of esters is 1. The van der Waals surface area contributed by atoms with Gasteiger partial charge in [-0.15, -0.1) is 11.3 Å². The minimum Gasteiger partial charge on any atom is -0.462 e. The molecule has 1 unspecified atom stereocenters. The molecular weight excluding hydrogens is 442 g/mol. The lowest BCUT2D eigenvalue weighted by molar-refractivity contribution is -0.113. The highest BCUT2D eigenvalue weighted by molar-refractivity contribution is 7.10. The first-order valence-corrected chi connectivity index (χ1v) is 11.6. The number of amides is 1. The van der Waals surface area contributed by atoms with Crippen LogP contribution in [0.15, 0.2) is 53.0 Å². The van der Waals surface area contributed by atoms with Gasteiger partial charge in [0, 0.05) is 29.3 Å². The number of aliphatic hydroxyl groups is 1. The van der Waals surface area contributed by atoms with E-state index in [-0.39, 0.29) is 12.5 Å². The van der Waals surface area contributed by atoms with Gasteiger partial charge >= 0.3 is 5.97 Å². The first-order chi connectivity index (χ1) is 16.0. The second kappa shape index (κ2) is 9.97. The van der Waals surface area contributed by atoms with Gasteiger partial charge < -0.3 is 20.5 Å². The fraction of sp³-hybridized carbons (Fsp3) is 0.304. The lowest BCUT2D eigenvalue weighted by Gasteiger charge is -2.27. The molecule has 9 nitrogen and oxygen atoms in total. The molecule has 0 spiro atoms. The maximum Gasteiger partial charge on any atom is 0.338 e. The highest BCUT2D eigenvalue weighted by Crippen LogP contribution is 2.37. The van der Waals surface area contributed by atoms with Crippen LogP contribution in [-0.2, 0) is 16.0 Å². The minimum absolute atomic E-state index is 0.0611. The normalized spacial score (nSPS) is 15.1. The van der Waals surface area contributed by atoms with Crippen LogP contribution in [0.2, 0.25) is 0 Å². The van der Waals surface area contributed by atoms with Crippen LogP contribution < -0.4 is 10.6 Å². The van der Waals surface area contributed by atoms with E-state index < -0.39 is 12.0 Å². The summed E-state index contributed by atoms with van der Waals surface area (Å²) in [6.07, 6.45) is 1.11. The van der Waals surface area contributed by atoms with Crippen LogP contribution in [0.1, 0.15) is 47.4 Å². The predicted molar refractivity (Wildman–Crippen MR) is 125 cm³/mol. The molecule has 1 aliphatic heterocycles. The number of rotatable bonds is 8. The van der Waals surface area contributed by atoms with Crippen LogP contribution in [-0.4, -0.2) is 45.0 Å². The van der Waals surface area contributed by atoms with Crippen LogP contribution in [0.25, 0.3) is 0 Å². The van der Waals surface area contributed by atoms with Gasteiger partial charge in [0.15, 0.2) is 5.82 Å². The van der Waals surface area contributed by atoms with Gasteiger partial charge in [-0.1, -0.05) is 6.07 Å². The summed E-state index contributed by atoms with van der Waals surface area (Å²) >= 11 is 1.54. The minimum atomic E-state index is -0.435. The molecule has 1 aromatic carbocycles. The Morgan fingerprint density at radius 2 is 2.06 bits per heavy atom. The van der Waals surface area contributed by atoms with Crippen molar-refractivity contribution in [3.63, 3.8) is 0 Å². The average Bonchev–Trinajstić information content (AvgIpc) is 3.47. The molecule has 0 saturated heterocycles. The third-order valence-electron chi connectivity index (χ3n) is 5.17. The lowest BCUT2D eigenvalue weighted by atomic mass is 10.0. The van der Waals surface area contributed by atoms with E-state index in [0.29, 0.717) is 53.7 Å². The zero-order valence-corrected chi connectivity index (χ0v) is 19.2. The zero-order chi connectivity index (χ0) is 23.4. The Bertz CT molecular complexity index is 1170. The molecule has 3 N–H and O–H groups in total. The van der Waals surface area contributed by atoms with Crippen molar-refractivity contribution in [3.05, 3.63) is 69.3 Å². The van der Waals surface area contributed by atoms with E-state index in [9.17, 15) is 9.59 Å². The Kier molecular flexibility index (Phi) is 6.85. The molecule has 3 aromatic rings. The molecule has 0 radical (unpaired) electrons. The van der Waals surface area contributed by atoms with Crippen molar-refractivity contribution >= 4 is 34.8 Å². The summed E-state index contributed by atoms with van der Waals surface area (Å²) in [5, 5.41) is 21.8. The second-order valence-corrected chi connectivity index (χ2v) is 8.44. The van der Waals surface area contributed by atoms with Crippen molar-refractivity contribution in [1.82, 2.24) is 14.8 Å². The van der Waals surface area contributed by atoms with Gasteiger partial charge in [-0.25, -0.2) is 9.48 Å². The number of aliphatic hydroxyl groups excluding tert-OH is 1. The number of carbonyl (C=O) groups is 2. The Balaban J connectivity index is 1.62. The zero-order valence-electron chi connectivity index (χ0n) is 18.4. The summed E-state index contributed by atoms with van der Waals surface area (Å²) in [5.41, 5.74) is 2.19. The Morgan fingerprint density at radius 3 is 2.73 bits per heavy atom.